The SMILES string of the molecule is CC1=C[C@]2(C)[C@@H]3C(C)=C[C@]4(C)C[C@H](C)CC[C@H]4[C@@H]3C(=O)[C@@]23C(=O)N[C@H](Cc2ccc(O)cc2)[C@H]3[C@@H]1C. The molecule has 0 bridgehead atoms. The molecule has 1 amide bonds. The molecular weight excluding hydrogens is 446 g/mol. The van der Waals surface area contributed by atoms with Crippen LogP contribution in [0.1, 0.15) is 66.4 Å². The van der Waals surface area contributed by atoms with Gasteiger partial charge in [-0.2, -0.15) is 0 Å². The summed E-state index contributed by atoms with van der Waals surface area (Å²) in [5.74, 6) is 1.45. The van der Waals surface area contributed by atoms with Crippen molar-refractivity contribution in [3.8, 4) is 5.75 Å². The molecule has 3 fully saturated rings. The summed E-state index contributed by atoms with van der Waals surface area (Å²) in [5.41, 5.74) is 2.18. The number of phenolic OH excluding ortho intramolecular Hbond substituents is 1. The monoisotopic (exact) mass is 487 g/mol. The van der Waals surface area contributed by atoms with Crippen molar-refractivity contribution in [1.82, 2.24) is 5.32 Å². The van der Waals surface area contributed by atoms with Gasteiger partial charge < -0.3 is 10.4 Å². The molecule has 36 heavy (non-hydrogen) atoms. The molecular formula is C32H41NO3. The fraction of sp³-hybridized carbons (Fsp3) is 0.625. The zero-order valence-electron chi connectivity index (χ0n) is 22.6. The maximum atomic E-state index is 15.0. The van der Waals surface area contributed by atoms with E-state index < -0.39 is 10.8 Å². The van der Waals surface area contributed by atoms with Crippen LogP contribution in [0.25, 0.3) is 0 Å². The summed E-state index contributed by atoms with van der Waals surface area (Å²) in [6.45, 7) is 13.6. The first-order valence-corrected chi connectivity index (χ1v) is 14.0. The summed E-state index contributed by atoms with van der Waals surface area (Å²) in [7, 11) is 0. The first kappa shape index (κ1) is 24.0. The van der Waals surface area contributed by atoms with Gasteiger partial charge in [0.25, 0.3) is 0 Å². The lowest BCUT2D eigenvalue weighted by Crippen LogP contribution is -2.55. The van der Waals surface area contributed by atoms with Crippen LogP contribution in [0.5, 0.6) is 5.75 Å². The van der Waals surface area contributed by atoms with Crippen LogP contribution in [0.15, 0.2) is 47.6 Å². The van der Waals surface area contributed by atoms with Gasteiger partial charge in [-0.3, -0.25) is 9.59 Å². The van der Waals surface area contributed by atoms with Crippen molar-refractivity contribution in [3.05, 3.63) is 53.1 Å². The number of nitrogens with one attached hydrogen (secondary N) is 1. The largest absolute Gasteiger partial charge is 0.508 e. The summed E-state index contributed by atoms with van der Waals surface area (Å²) < 4.78 is 0. The van der Waals surface area contributed by atoms with E-state index in [0.717, 1.165) is 24.8 Å². The van der Waals surface area contributed by atoms with Gasteiger partial charge in [0.05, 0.1) is 0 Å². The van der Waals surface area contributed by atoms with Crippen LogP contribution in [0.3, 0.4) is 0 Å². The molecule has 2 N–H and O–H groups in total. The maximum absolute atomic E-state index is 15.0. The molecule has 1 saturated heterocycles. The minimum absolute atomic E-state index is 0.0272. The highest BCUT2D eigenvalue weighted by atomic mass is 16.3. The van der Waals surface area contributed by atoms with Crippen LogP contribution < -0.4 is 5.32 Å². The Labute approximate surface area is 215 Å². The van der Waals surface area contributed by atoms with E-state index in [4.69, 9.17) is 0 Å². The number of amides is 1. The molecule has 4 nitrogen and oxygen atoms in total. The van der Waals surface area contributed by atoms with E-state index >= 15 is 0 Å². The number of carbonyl (C=O) groups excluding carboxylic acids is 2. The fourth-order valence-corrected chi connectivity index (χ4v) is 10.2. The number of allylic oxidation sites excluding steroid dienone is 4. The van der Waals surface area contributed by atoms with Crippen LogP contribution in [0.4, 0.5) is 0 Å². The number of phenols is 1. The molecule has 2 saturated carbocycles. The van der Waals surface area contributed by atoms with Gasteiger partial charge in [-0.15, -0.1) is 0 Å². The number of hydrogen-bond acceptors (Lipinski definition) is 3. The van der Waals surface area contributed by atoms with Crippen molar-refractivity contribution in [2.75, 3.05) is 0 Å². The molecule has 4 aliphatic carbocycles. The normalized spacial score (nSPS) is 47.2. The summed E-state index contributed by atoms with van der Waals surface area (Å²) in [6, 6.07) is 7.16. The van der Waals surface area contributed by atoms with Crippen LogP contribution in [0, 0.1) is 51.8 Å². The number of ketones is 1. The number of rotatable bonds is 2. The zero-order chi connectivity index (χ0) is 25.8. The Morgan fingerprint density at radius 1 is 1.00 bits per heavy atom. The first-order valence-electron chi connectivity index (χ1n) is 14.0. The van der Waals surface area contributed by atoms with Crippen LogP contribution in [0.2, 0.25) is 0 Å². The second-order valence-corrected chi connectivity index (χ2v) is 13.5. The lowest BCUT2D eigenvalue weighted by atomic mass is 9.49. The van der Waals surface area contributed by atoms with Gasteiger partial charge in [0.1, 0.15) is 11.2 Å². The molecule has 1 aliphatic heterocycles. The predicted molar refractivity (Wildman–Crippen MR) is 141 cm³/mol. The third-order valence-corrected chi connectivity index (χ3v) is 11.4. The van der Waals surface area contributed by atoms with Crippen molar-refractivity contribution in [2.24, 2.45) is 51.8 Å². The summed E-state index contributed by atoms with van der Waals surface area (Å²) in [6.07, 6.45) is 8.87. The van der Waals surface area contributed by atoms with E-state index in [2.05, 4.69) is 59.0 Å². The Morgan fingerprint density at radius 2 is 1.69 bits per heavy atom. The first-order chi connectivity index (χ1) is 16.9. The van der Waals surface area contributed by atoms with Crippen molar-refractivity contribution >= 4 is 11.7 Å². The minimum Gasteiger partial charge on any atom is -0.508 e. The number of benzene rings is 1. The molecule has 192 valence electrons. The molecule has 0 radical (unpaired) electrons. The second-order valence-electron chi connectivity index (χ2n) is 13.5. The quantitative estimate of drug-likeness (QED) is 0.406. The summed E-state index contributed by atoms with van der Waals surface area (Å²) in [5, 5.41) is 13.1. The van der Waals surface area contributed by atoms with Gasteiger partial charge in [-0.1, -0.05) is 69.5 Å². The lowest BCUT2D eigenvalue weighted by molar-refractivity contribution is -0.148. The number of Topliss-reactive ketones (excluding diaryl/α,β-unsaturated/α-hetero) is 1. The third-order valence-electron chi connectivity index (χ3n) is 11.4. The summed E-state index contributed by atoms with van der Waals surface area (Å²) >= 11 is 0. The van der Waals surface area contributed by atoms with Gasteiger partial charge in [-0.05, 0) is 79.9 Å². The smallest absolute Gasteiger partial charge is 0.235 e. The van der Waals surface area contributed by atoms with Crippen LogP contribution in [-0.4, -0.2) is 22.8 Å². The average molecular weight is 488 g/mol. The molecule has 0 unspecified atom stereocenters. The van der Waals surface area contributed by atoms with Crippen molar-refractivity contribution < 1.29 is 14.7 Å². The van der Waals surface area contributed by atoms with Gasteiger partial charge in [0, 0.05) is 23.3 Å². The third kappa shape index (κ3) is 2.82. The number of hydrogen-bond donors (Lipinski definition) is 2. The van der Waals surface area contributed by atoms with Crippen molar-refractivity contribution in [1.29, 1.82) is 0 Å². The van der Waals surface area contributed by atoms with Gasteiger partial charge in [0.15, 0.2) is 5.78 Å². The number of aromatic hydroxyl groups is 1. The maximum Gasteiger partial charge on any atom is 0.235 e. The molecule has 10 atom stereocenters. The highest BCUT2D eigenvalue weighted by Gasteiger charge is 2.79. The van der Waals surface area contributed by atoms with E-state index in [9.17, 15) is 14.7 Å². The molecule has 1 heterocycles. The Hall–Kier alpha value is -2.36. The molecule has 1 aromatic carbocycles. The van der Waals surface area contributed by atoms with Gasteiger partial charge in [0.2, 0.25) is 5.91 Å². The molecule has 0 aromatic heterocycles. The van der Waals surface area contributed by atoms with E-state index in [-0.39, 0.29) is 52.6 Å². The van der Waals surface area contributed by atoms with Gasteiger partial charge in [-0.25, -0.2) is 0 Å². The molecule has 4 heteroatoms. The van der Waals surface area contributed by atoms with Gasteiger partial charge >= 0.3 is 0 Å². The van der Waals surface area contributed by atoms with Crippen LogP contribution >= 0.6 is 0 Å². The van der Waals surface area contributed by atoms with Crippen molar-refractivity contribution in [3.63, 3.8) is 0 Å². The molecule has 1 aromatic rings. The fourth-order valence-electron chi connectivity index (χ4n) is 10.2. The molecule has 1 spiro atoms. The Morgan fingerprint density at radius 3 is 2.39 bits per heavy atom. The average Bonchev–Trinajstić information content (AvgIpc) is 3.20. The van der Waals surface area contributed by atoms with Crippen LogP contribution in [-0.2, 0) is 16.0 Å². The molecule has 5 aliphatic rings. The Kier molecular flexibility index (Phi) is 5.06. The zero-order valence-corrected chi connectivity index (χ0v) is 22.6. The van der Waals surface area contributed by atoms with E-state index in [1.54, 1.807) is 12.1 Å². The van der Waals surface area contributed by atoms with E-state index in [1.807, 2.05) is 12.1 Å². The lowest BCUT2D eigenvalue weighted by Gasteiger charge is -2.53. The highest BCUT2D eigenvalue weighted by Crippen LogP contribution is 2.73. The van der Waals surface area contributed by atoms with Crippen molar-refractivity contribution in [2.45, 2.75) is 73.3 Å². The predicted octanol–water partition coefficient (Wildman–Crippen LogP) is 5.86. The number of fused-ring (bicyclic) bond motifs is 4. The Bertz CT molecular complexity index is 1200. The summed E-state index contributed by atoms with van der Waals surface area (Å²) in [4.78, 5) is 29.2. The van der Waals surface area contributed by atoms with E-state index in [0.29, 0.717) is 18.3 Å². The minimum atomic E-state index is -1.02. The van der Waals surface area contributed by atoms with E-state index in [1.165, 1.54) is 11.1 Å². The second kappa shape index (κ2) is 7.58. The highest BCUT2D eigenvalue weighted by molar-refractivity contribution is 6.13. The standard InChI is InChI=1S/C32H41NO3/c1-17-7-12-23-25-26(19(3)15-30(23,5)14-17)31(6)16-18(2)20(4)27-24(13-21-8-10-22(34)11-9-21)33-29(36)32(27,31)28(25)35/h8-11,15-17,20,23-27,34H,7,12-14H2,1-6H3,(H,33,36)/t17-,20-,23+,24-,25+,26-,27-,30+,31-,32+/m1/s1. The Balaban J connectivity index is 1.50. The molecule has 6 rings (SSSR count). The topological polar surface area (TPSA) is 66.4 Å². The number of carbonyl (C=O) groups is 2.